The summed E-state index contributed by atoms with van der Waals surface area (Å²) in [4.78, 5) is 9.42. The molecule has 1 atom stereocenters. The maximum absolute atomic E-state index is 13.7. The van der Waals surface area contributed by atoms with Gasteiger partial charge in [-0.15, -0.1) is 0 Å². The van der Waals surface area contributed by atoms with Gasteiger partial charge in [0, 0.05) is 18.7 Å². The SMILES string of the molecule is CNC(C)CNS(=O)(=O)c1cc(F)c(OC)c([N+](=O)[O-])c1. The van der Waals surface area contributed by atoms with Crippen LogP contribution in [-0.2, 0) is 10.0 Å². The fourth-order valence-electron chi connectivity index (χ4n) is 1.47. The van der Waals surface area contributed by atoms with Gasteiger partial charge in [-0.1, -0.05) is 0 Å². The van der Waals surface area contributed by atoms with Crippen LogP contribution in [0.4, 0.5) is 10.1 Å². The fourth-order valence-corrected chi connectivity index (χ4v) is 2.63. The highest BCUT2D eigenvalue weighted by Crippen LogP contribution is 2.32. The van der Waals surface area contributed by atoms with Crippen LogP contribution < -0.4 is 14.8 Å². The molecule has 10 heteroatoms. The van der Waals surface area contributed by atoms with Crippen molar-refractivity contribution in [3.05, 3.63) is 28.1 Å². The predicted octanol–water partition coefficient (Wildman–Crippen LogP) is 0.629. The van der Waals surface area contributed by atoms with Crippen molar-refractivity contribution in [2.75, 3.05) is 20.7 Å². The third kappa shape index (κ3) is 4.09. The van der Waals surface area contributed by atoms with E-state index in [0.717, 1.165) is 13.2 Å². The number of rotatable bonds is 7. The topological polar surface area (TPSA) is 111 Å². The molecule has 0 radical (unpaired) electrons. The van der Waals surface area contributed by atoms with Gasteiger partial charge in [-0.2, -0.15) is 0 Å². The van der Waals surface area contributed by atoms with Crippen LogP contribution >= 0.6 is 0 Å². The van der Waals surface area contributed by atoms with Gasteiger partial charge < -0.3 is 10.1 Å². The Morgan fingerprint density at radius 2 is 2.10 bits per heavy atom. The van der Waals surface area contributed by atoms with Crippen molar-refractivity contribution in [1.29, 1.82) is 0 Å². The summed E-state index contributed by atoms with van der Waals surface area (Å²) in [7, 11) is -1.35. The Bertz CT molecular complexity index is 635. The lowest BCUT2D eigenvalue weighted by Gasteiger charge is -2.12. The molecule has 0 aliphatic carbocycles. The normalized spacial score (nSPS) is 13.0. The quantitative estimate of drug-likeness (QED) is 0.563. The minimum absolute atomic E-state index is 0.0558. The Morgan fingerprint density at radius 1 is 1.48 bits per heavy atom. The molecule has 1 aromatic rings. The lowest BCUT2D eigenvalue weighted by molar-refractivity contribution is -0.386. The van der Waals surface area contributed by atoms with Gasteiger partial charge >= 0.3 is 5.69 Å². The van der Waals surface area contributed by atoms with E-state index in [2.05, 4.69) is 14.8 Å². The third-order valence-electron chi connectivity index (χ3n) is 2.78. The molecule has 1 rings (SSSR count). The van der Waals surface area contributed by atoms with E-state index in [1.165, 1.54) is 0 Å². The highest BCUT2D eigenvalue weighted by atomic mass is 32.2. The number of nitro groups is 1. The predicted molar refractivity (Wildman–Crippen MR) is 73.3 cm³/mol. The molecule has 0 fully saturated rings. The number of ether oxygens (including phenoxy) is 1. The van der Waals surface area contributed by atoms with Gasteiger partial charge in [0.15, 0.2) is 5.82 Å². The second-order valence-electron chi connectivity index (χ2n) is 4.26. The van der Waals surface area contributed by atoms with Crippen molar-refractivity contribution in [2.24, 2.45) is 0 Å². The molecule has 8 nitrogen and oxygen atoms in total. The van der Waals surface area contributed by atoms with Crippen LogP contribution in [0.1, 0.15) is 6.92 Å². The van der Waals surface area contributed by atoms with Gasteiger partial charge in [0.05, 0.1) is 16.9 Å². The highest BCUT2D eigenvalue weighted by Gasteiger charge is 2.26. The zero-order valence-corrected chi connectivity index (χ0v) is 12.5. The first-order valence-corrected chi connectivity index (χ1v) is 7.40. The first kappa shape index (κ1) is 17.3. The molecule has 0 heterocycles. The standard InChI is InChI=1S/C11H16FN3O5S/c1-7(13-2)6-14-21(18,19)8-4-9(12)11(20-3)10(5-8)15(16)17/h4-5,7,13-14H,6H2,1-3H3. The first-order chi connectivity index (χ1) is 9.72. The molecule has 2 N–H and O–H groups in total. The molecule has 118 valence electrons. The summed E-state index contributed by atoms with van der Waals surface area (Å²) in [6.07, 6.45) is 0. The number of nitrogens with one attached hydrogen (secondary N) is 2. The minimum atomic E-state index is -4.06. The maximum atomic E-state index is 13.7. The number of nitrogens with zero attached hydrogens (tertiary/aromatic N) is 1. The molecule has 0 amide bonds. The van der Waals surface area contributed by atoms with Gasteiger partial charge in [0.1, 0.15) is 0 Å². The molecule has 0 aromatic heterocycles. The Kier molecular flexibility index (Phi) is 5.58. The number of benzene rings is 1. The van der Waals surface area contributed by atoms with E-state index in [4.69, 9.17) is 0 Å². The molecule has 1 aromatic carbocycles. The maximum Gasteiger partial charge on any atom is 0.315 e. The summed E-state index contributed by atoms with van der Waals surface area (Å²) >= 11 is 0. The van der Waals surface area contributed by atoms with Crippen LogP contribution in [0.3, 0.4) is 0 Å². The van der Waals surface area contributed by atoms with Gasteiger partial charge in [-0.05, 0) is 20.0 Å². The zero-order valence-electron chi connectivity index (χ0n) is 11.7. The van der Waals surface area contributed by atoms with Crippen molar-refractivity contribution in [1.82, 2.24) is 10.0 Å². The van der Waals surface area contributed by atoms with Gasteiger partial charge in [0.25, 0.3) is 0 Å². The summed E-state index contributed by atoms with van der Waals surface area (Å²) in [6, 6.07) is 1.28. The van der Waals surface area contributed by atoms with Crippen LogP contribution in [-0.4, -0.2) is 40.1 Å². The first-order valence-electron chi connectivity index (χ1n) is 5.91. The van der Waals surface area contributed by atoms with Gasteiger partial charge in [0.2, 0.25) is 15.8 Å². The summed E-state index contributed by atoms with van der Waals surface area (Å²) in [5.74, 6) is -1.73. The molecular weight excluding hydrogens is 305 g/mol. The Labute approximate surface area is 121 Å². The van der Waals surface area contributed by atoms with E-state index < -0.39 is 37.1 Å². The number of halogens is 1. The lowest BCUT2D eigenvalue weighted by Crippen LogP contribution is -2.37. The summed E-state index contributed by atoms with van der Waals surface area (Å²) in [5, 5.41) is 13.7. The molecular formula is C11H16FN3O5S. The summed E-state index contributed by atoms with van der Waals surface area (Å²) in [6.45, 7) is 1.79. The number of likely N-dealkylation sites (N-methyl/N-ethyl adjacent to an activating group) is 1. The minimum Gasteiger partial charge on any atom is -0.488 e. The second-order valence-corrected chi connectivity index (χ2v) is 6.02. The number of hydrogen-bond acceptors (Lipinski definition) is 6. The van der Waals surface area contributed by atoms with Crippen molar-refractivity contribution in [3.8, 4) is 5.75 Å². The molecule has 0 bridgehead atoms. The van der Waals surface area contributed by atoms with E-state index >= 15 is 0 Å². The highest BCUT2D eigenvalue weighted by molar-refractivity contribution is 7.89. The molecule has 0 aliphatic heterocycles. The number of hydrogen-bond donors (Lipinski definition) is 2. The van der Waals surface area contributed by atoms with E-state index in [9.17, 15) is 22.9 Å². The second kappa shape index (κ2) is 6.78. The lowest BCUT2D eigenvalue weighted by atomic mass is 10.3. The molecule has 21 heavy (non-hydrogen) atoms. The monoisotopic (exact) mass is 321 g/mol. The Hall–Kier alpha value is -1.78. The van der Waals surface area contributed by atoms with Crippen molar-refractivity contribution in [3.63, 3.8) is 0 Å². The fraction of sp³-hybridized carbons (Fsp3) is 0.455. The third-order valence-corrected chi connectivity index (χ3v) is 4.18. The summed E-state index contributed by atoms with van der Waals surface area (Å²) in [5.41, 5.74) is -0.750. The molecule has 0 saturated carbocycles. The molecule has 0 saturated heterocycles. The number of nitro benzene ring substituents is 1. The van der Waals surface area contributed by atoms with E-state index in [0.29, 0.717) is 6.07 Å². The average Bonchev–Trinajstić information content (AvgIpc) is 2.43. The number of sulfonamides is 1. The van der Waals surface area contributed by atoms with E-state index in [-0.39, 0.29) is 12.6 Å². The van der Waals surface area contributed by atoms with Crippen LogP contribution in [0.25, 0.3) is 0 Å². The average molecular weight is 321 g/mol. The van der Waals surface area contributed by atoms with E-state index in [1.54, 1.807) is 14.0 Å². The van der Waals surface area contributed by atoms with Crippen molar-refractivity contribution in [2.45, 2.75) is 17.9 Å². The Balaban J connectivity index is 3.22. The molecule has 0 spiro atoms. The van der Waals surface area contributed by atoms with Gasteiger partial charge in [-0.3, -0.25) is 10.1 Å². The van der Waals surface area contributed by atoms with E-state index in [1.807, 2.05) is 0 Å². The summed E-state index contributed by atoms with van der Waals surface area (Å²) < 4.78 is 44.6. The van der Waals surface area contributed by atoms with Crippen LogP contribution in [0.15, 0.2) is 17.0 Å². The number of methoxy groups -OCH3 is 1. The zero-order chi connectivity index (χ0) is 16.2. The largest absolute Gasteiger partial charge is 0.488 e. The Morgan fingerprint density at radius 3 is 2.57 bits per heavy atom. The molecule has 0 aliphatic rings. The smallest absolute Gasteiger partial charge is 0.315 e. The van der Waals surface area contributed by atoms with Crippen LogP contribution in [0.2, 0.25) is 0 Å². The molecule has 1 unspecified atom stereocenters. The van der Waals surface area contributed by atoms with Crippen molar-refractivity contribution < 1.29 is 22.5 Å². The van der Waals surface area contributed by atoms with Crippen molar-refractivity contribution >= 4 is 15.7 Å². The van der Waals surface area contributed by atoms with Gasteiger partial charge in [-0.25, -0.2) is 17.5 Å². The van der Waals surface area contributed by atoms with Crippen LogP contribution in [0.5, 0.6) is 5.75 Å². The van der Waals surface area contributed by atoms with Crippen LogP contribution in [0, 0.1) is 15.9 Å².